The molecule has 0 atom stereocenters. The summed E-state index contributed by atoms with van der Waals surface area (Å²) in [6.45, 7) is 1.19. The highest BCUT2D eigenvalue weighted by molar-refractivity contribution is 5.27. The Labute approximate surface area is 125 Å². The van der Waals surface area contributed by atoms with Crippen LogP contribution in [-0.2, 0) is 18.0 Å². The number of ether oxygens (including phenoxy) is 3. The topological polar surface area (TPSA) is 47.9 Å². The second-order valence-corrected chi connectivity index (χ2v) is 4.19. The van der Waals surface area contributed by atoms with Gasteiger partial charge in [-0.25, -0.2) is 0 Å². The first-order valence-corrected chi connectivity index (χ1v) is 6.60. The van der Waals surface area contributed by atoms with Crippen LogP contribution in [0.2, 0.25) is 0 Å². The van der Waals surface area contributed by atoms with Gasteiger partial charge in [0.1, 0.15) is 11.5 Å². The fourth-order valence-corrected chi connectivity index (χ4v) is 1.73. The van der Waals surface area contributed by atoms with Gasteiger partial charge < -0.3 is 19.3 Å². The van der Waals surface area contributed by atoms with Crippen LogP contribution in [0.1, 0.15) is 11.1 Å². The molecule has 4 nitrogen and oxygen atoms in total. The number of aliphatic hydroxyl groups is 1. The summed E-state index contributed by atoms with van der Waals surface area (Å²) < 4.78 is 15.9. The van der Waals surface area contributed by atoms with Gasteiger partial charge in [0, 0.05) is 7.11 Å². The van der Waals surface area contributed by atoms with Crippen molar-refractivity contribution >= 4 is 0 Å². The molecule has 0 unspecified atom stereocenters. The molecule has 114 valence electrons. The van der Waals surface area contributed by atoms with Crippen molar-refractivity contribution in [2.45, 2.75) is 13.2 Å². The highest BCUT2D eigenvalue weighted by atomic mass is 16.5. The lowest BCUT2D eigenvalue weighted by atomic mass is 10.2. The first-order chi connectivity index (χ1) is 10.3. The Balaban J connectivity index is 0.00000106. The van der Waals surface area contributed by atoms with Crippen LogP contribution < -0.4 is 9.47 Å². The molecule has 0 heterocycles. The molecule has 4 heteroatoms. The van der Waals surface area contributed by atoms with E-state index in [0.717, 1.165) is 29.7 Å². The van der Waals surface area contributed by atoms with E-state index in [-0.39, 0.29) is 0 Å². The van der Waals surface area contributed by atoms with E-state index in [4.69, 9.17) is 19.3 Å². The smallest absolute Gasteiger partial charge is 0.118 e. The first-order valence-electron chi connectivity index (χ1n) is 6.60. The first kappa shape index (κ1) is 17.0. The number of aliphatic hydroxyl groups excluding tert-OH is 1. The molecule has 2 aromatic carbocycles. The van der Waals surface area contributed by atoms with E-state index in [0.29, 0.717) is 13.2 Å². The summed E-state index contributed by atoms with van der Waals surface area (Å²) in [5.74, 6) is 1.72. The number of rotatable bonds is 6. The molecule has 2 rings (SSSR count). The third-order valence-electron chi connectivity index (χ3n) is 2.86. The van der Waals surface area contributed by atoms with Crippen molar-refractivity contribution in [3.05, 3.63) is 59.7 Å². The lowest BCUT2D eigenvalue weighted by Crippen LogP contribution is -1.94. The summed E-state index contributed by atoms with van der Waals surface area (Å²) >= 11 is 0. The average Bonchev–Trinajstić information content (AvgIpc) is 2.58. The van der Waals surface area contributed by atoms with Gasteiger partial charge in [0.15, 0.2) is 0 Å². The normalized spacial score (nSPS) is 9.52. The van der Waals surface area contributed by atoms with E-state index in [1.165, 1.54) is 0 Å². The Bertz CT molecular complexity index is 444. The molecule has 0 saturated heterocycles. The van der Waals surface area contributed by atoms with Gasteiger partial charge in [-0.05, 0) is 35.4 Å². The summed E-state index contributed by atoms with van der Waals surface area (Å²) in [6, 6.07) is 15.8. The van der Waals surface area contributed by atoms with E-state index >= 15 is 0 Å². The summed E-state index contributed by atoms with van der Waals surface area (Å²) in [5, 5.41) is 7.00. The summed E-state index contributed by atoms with van der Waals surface area (Å²) in [5.41, 5.74) is 2.27. The minimum absolute atomic E-state index is 0.593. The van der Waals surface area contributed by atoms with Gasteiger partial charge in [-0.15, -0.1) is 0 Å². The Morgan fingerprint density at radius 1 is 0.667 bits per heavy atom. The van der Waals surface area contributed by atoms with Crippen LogP contribution in [0.3, 0.4) is 0 Å². The SMILES string of the molecule is CO.COc1ccc(COCc2ccc(OC)cc2)cc1. The zero-order valence-electron chi connectivity index (χ0n) is 12.7. The Morgan fingerprint density at radius 2 is 1.00 bits per heavy atom. The van der Waals surface area contributed by atoms with Crippen LogP contribution in [0.5, 0.6) is 11.5 Å². The quantitative estimate of drug-likeness (QED) is 0.888. The molecule has 21 heavy (non-hydrogen) atoms. The van der Waals surface area contributed by atoms with Crippen molar-refractivity contribution in [3.8, 4) is 11.5 Å². The molecule has 0 radical (unpaired) electrons. The standard InChI is InChI=1S/C16H18O3.CH4O/c1-17-15-7-3-13(4-8-15)11-19-12-14-5-9-16(18-2)10-6-14;1-2/h3-10H,11-12H2,1-2H3;2H,1H3. The van der Waals surface area contributed by atoms with Crippen molar-refractivity contribution in [2.24, 2.45) is 0 Å². The van der Waals surface area contributed by atoms with Crippen LogP contribution in [0.25, 0.3) is 0 Å². The third-order valence-corrected chi connectivity index (χ3v) is 2.86. The predicted molar refractivity (Wildman–Crippen MR) is 82.6 cm³/mol. The Kier molecular flexibility index (Phi) is 7.94. The molecule has 0 aliphatic carbocycles. The van der Waals surface area contributed by atoms with Gasteiger partial charge in [0.2, 0.25) is 0 Å². The van der Waals surface area contributed by atoms with Gasteiger partial charge in [-0.3, -0.25) is 0 Å². The van der Waals surface area contributed by atoms with E-state index < -0.39 is 0 Å². The highest BCUT2D eigenvalue weighted by Gasteiger charge is 1.97. The largest absolute Gasteiger partial charge is 0.497 e. The van der Waals surface area contributed by atoms with Crippen molar-refractivity contribution < 1.29 is 19.3 Å². The number of methoxy groups -OCH3 is 2. The maximum Gasteiger partial charge on any atom is 0.118 e. The Hall–Kier alpha value is -2.04. The molecular formula is C17H22O4. The van der Waals surface area contributed by atoms with Gasteiger partial charge in [-0.2, -0.15) is 0 Å². The molecule has 0 saturated carbocycles. The van der Waals surface area contributed by atoms with Crippen LogP contribution in [0, 0.1) is 0 Å². The van der Waals surface area contributed by atoms with E-state index in [2.05, 4.69) is 0 Å². The zero-order chi connectivity index (χ0) is 15.5. The monoisotopic (exact) mass is 290 g/mol. The van der Waals surface area contributed by atoms with E-state index in [1.54, 1.807) is 14.2 Å². The summed E-state index contributed by atoms with van der Waals surface area (Å²) in [6.07, 6.45) is 0. The van der Waals surface area contributed by atoms with Crippen molar-refractivity contribution in [2.75, 3.05) is 21.3 Å². The fraction of sp³-hybridized carbons (Fsp3) is 0.294. The zero-order valence-corrected chi connectivity index (χ0v) is 12.7. The lowest BCUT2D eigenvalue weighted by molar-refractivity contribution is 0.107. The molecule has 0 spiro atoms. The molecule has 0 aliphatic heterocycles. The predicted octanol–water partition coefficient (Wildman–Crippen LogP) is 3.03. The molecule has 0 fully saturated rings. The third kappa shape index (κ3) is 5.85. The van der Waals surface area contributed by atoms with Crippen molar-refractivity contribution in [1.82, 2.24) is 0 Å². The van der Waals surface area contributed by atoms with Crippen LogP contribution >= 0.6 is 0 Å². The van der Waals surface area contributed by atoms with Gasteiger partial charge in [0.25, 0.3) is 0 Å². The molecule has 0 amide bonds. The maximum atomic E-state index is 7.00. The fourth-order valence-electron chi connectivity index (χ4n) is 1.73. The van der Waals surface area contributed by atoms with E-state index in [1.807, 2.05) is 48.5 Å². The van der Waals surface area contributed by atoms with Crippen molar-refractivity contribution in [1.29, 1.82) is 0 Å². The second-order valence-electron chi connectivity index (χ2n) is 4.19. The van der Waals surface area contributed by atoms with Crippen molar-refractivity contribution in [3.63, 3.8) is 0 Å². The molecule has 0 bridgehead atoms. The molecule has 0 aliphatic rings. The molecule has 1 N–H and O–H groups in total. The van der Waals surface area contributed by atoms with Crippen LogP contribution in [0.15, 0.2) is 48.5 Å². The summed E-state index contributed by atoms with van der Waals surface area (Å²) in [4.78, 5) is 0. The number of benzene rings is 2. The average molecular weight is 290 g/mol. The van der Waals surface area contributed by atoms with Gasteiger partial charge in [0.05, 0.1) is 27.4 Å². The van der Waals surface area contributed by atoms with Gasteiger partial charge in [-0.1, -0.05) is 24.3 Å². The maximum absolute atomic E-state index is 7.00. The van der Waals surface area contributed by atoms with Gasteiger partial charge >= 0.3 is 0 Å². The number of hydrogen-bond acceptors (Lipinski definition) is 4. The lowest BCUT2D eigenvalue weighted by Gasteiger charge is -2.06. The van der Waals surface area contributed by atoms with E-state index in [9.17, 15) is 0 Å². The minimum atomic E-state index is 0.593. The molecule has 2 aromatic rings. The number of hydrogen-bond donors (Lipinski definition) is 1. The van der Waals surface area contributed by atoms with Crippen LogP contribution in [0.4, 0.5) is 0 Å². The highest BCUT2D eigenvalue weighted by Crippen LogP contribution is 2.14. The molecule has 0 aromatic heterocycles. The second kappa shape index (κ2) is 9.80. The minimum Gasteiger partial charge on any atom is -0.497 e. The van der Waals surface area contributed by atoms with Crippen LogP contribution in [-0.4, -0.2) is 26.4 Å². The Morgan fingerprint density at radius 3 is 1.29 bits per heavy atom. The summed E-state index contributed by atoms with van der Waals surface area (Å²) in [7, 11) is 4.32. The molecular weight excluding hydrogens is 268 g/mol.